The maximum atomic E-state index is 11.7. The van der Waals surface area contributed by atoms with E-state index in [0.717, 1.165) is 21.7 Å². The Hall–Kier alpha value is -1.94. The van der Waals surface area contributed by atoms with Crippen molar-refractivity contribution in [2.45, 2.75) is 20.8 Å². The Morgan fingerprint density at radius 3 is 2.58 bits per heavy atom. The normalized spacial score (nSPS) is 10.1. The van der Waals surface area contributed by atoms with Gasteiger partial charge in [-0.25, -0.2) is 4.98 Å². The van der Waals surface area contributed by atoms with Gasteiger partial charge >= 0.3 is 0 Å². The maximum absolute atomic E-state index is 11.7. The zero-order chi connectivity index (χ0) is 13.8. The predicted molar refractivity (Wildman–Crippen MR) is 80.3 cm³/mol. The lowest BCUT2D eigenvalue weighted by Gasteiger charge is -1.97. The Balaban J connectivity index is 2.23. The van der Waals surface area contributed by atoms with Gasteiger partial charge in [0.05, 0.1) is 10.6 Å². The third-order valence-electron chi connectivity index (χ3n) is 2.48. The van der Waals surface area contributed by atoms with Crippen molar-refractivity contribution in [3.8, 4) is 10.4 Å². The van der Waals surface area contributed by atoms with Crippen molar-refractivity contribution in [1.82, 2.24) is 4.98 Å². The Kier molecular flexibility index (Phi) is 4.12. The standard InChI is InChI=1S/C15H16N2OS/c1-10(2)9-13(18)17-15-16-11(3)14(19-15)12-7-5-4-6-8-12/h4-9H,1-3H3,(H,16,17,18). The molecule has 2 aromatic rings. The number of hydrogen-bond donors (Lipinski definition) is 1. The van der Waals surface area contributed by atoms with E-state index >= 15 is 0 Å². The quantitative estimate of drug-likeness (QED) is 0.857. The highest BCUT2D eigenvalue weighted by atomic mass is 32.1. The number of aromatic nitrogens is 1. The van der Waals surface area contributed by atoms with Gasteiger partial charge in [0.15, 0.2) is 5.13 Å². The second kappa shape index (κ2) is 5.80. The lowest BCUT2D eigenvalue weighted by atomic mass is 10.2. The molecule has 1 N–H and O–H groups in total. The van der Waals surface area contributed by atoms with Crippen molar-refractivity contribution < 1.29 is 4.79 Å². The number of benzene rings is 1. The SMILES string of the molecule is CC(C)=CC(=O)Nc1nc(C)c(-c2ccccc2)s1. The summed E-state index contributed by atoms with van der Waals surface area (Å²) in [6.45, 7) is 5.74. The van der Waals surface area contributed by atoms with Crippen LogP contribution in [0.25, 0.3) is 10.4 Å². The van der Waals surface area contributed by atoms with Gasteiger partial charge in [-0.05, 0) is 26.3 Å². The van der Waals surface area contributed by atoms with Crippen LogP contribution in [-0.4, -0.2) is 10.9 Å². The second-order valence-electron chi connectivity index (χ2n) is 4.51. The highest BCUT2D eigenvalue weighted by molar-refractivity contribution is 7.19. The maximum Gasteiger partial charge on any atom is 0.250 e. The van der Waals surface area contributed by atoms with E-state index in [1.165, 1.54) is 11.3 Å². The van der Waals surface area contributed by atoms with Gasteiger partial charge in [-0.3, -0.25) is 10.1 Å². The van der Waals surface area contributed by atoms with Crippen molar-refractivity contribution in [3.63, 3.8) is 0 Å². The molecule has 98 valence electrons. The summed E-state index contributed by atoms with van der Waals surface area (Å²) in [7, 11) is 0. The fraction of sp³-hybridized carbons (Fsp3) is 0.200. The van der Waals surface area contributed by atoms with Crippen LogP contribution in [0.5, 0.6) is 0 Å². The molecule has 1 heterocycles. The molecule has 1 aromatic carbocycles. The molecule has 0 unspecified atom stereocenters. The number of allylic oxidation sites excluding steroid dienone is 1. The highest BCUT2D eigenvalue weighted by Gasteiger charge is 2.10. The van der Waals surface area contributed by atoms with Gasteiger partial charge < -0.3 is 0 Å². The number of hydrogen-bond acceptors (Lipinski definition) is 3. The number of carbonyl (C=O) groups excluding carboxylic acids is 1. The van der Waals surface area contributed by atoms with Gasteiger partial charge in [-0.1, -0.05) is 47.2 Å². The molecule has 19 heavy (non-hydrogen) atoms. The minimum Gasteiger partial charge on any atom is -0.298 e. The number of amides is 1. The largest absolute Gasteiger partial charge is 0.298 e. The first kappa shape index (κ1) is 13.5. The van der Waals surface area contributed by atoms with Crippen LogP contribution >= 0.6 is 11.3 Å². The van der Waals surface area contributed by atoms with Gasteiger partial charge in [-0.15, -0.1) is 0 Å². The Labute approximate surface area is 117 Å². The molecule has 0 saturated carbocycles. The summed E-state index contributed by atoms with van der Waals surface area (Å²) in [6.07, 6.45) is 1.57. The molecule has 0 atom stereocenters. The highest BCUT2D eigenvalue weighted by Crippen LogP contribution is 2.32. The van der Waals surface area contributed by atoms with Gasteiger partial charge in [0.1, 0.15) is 0 Å². The van der Waals surface area contributed by atoms with Crippen molar-refractivity contribution >= 4 is 22.4 Å². The Morgan fingerprint density at radius 2 is 1.95 bits per heavy atom. The first-order valence-electron chi connectivity index (χ1n) is 6.05. The summed E-state index contributed by atoms with van der Waals surface area (Å²) in [4.78, 5) is 17.1. The van der Waals surface area contributed by atoms with E-state index in [4.69, 9.17) is 0 Å². The fourth-order valence-corrected chi connectivity index (χ4v) is 2.69. The van der Waals surface area contributed by atoms with Crippen LogP contribution in [0.4, 0.5) is 5.13 Å². The van der Waals surface area contributed by atoms with Crippen molar-refractivity contribution in [3.05, 3.63) is 47.7 Å². The first-order chi connectivity index (χ1) is 9.06. The molecule has 3 nitrogen and oxygen atoms in total. The Bertz CT molecular complexity index is 610. The molecule has 0 saturated heterocycles. The first-order valence-corrected chi connectivity index (χ1v) is 6.86. The zero-order valence-corrected chi connectivity index (χ0v) is 12.0. The summed E-state index contributed by atoms with van der Waals surface area (Å²) >= 11 is 1.50. The summed E-state index contributed by atoms with van der Waals surface area (Å²) in [5.41, 5.74) is 3.03. The lowest BCUT2D eigenvalue weighted by Crippen LogP contribution is -2.07. The van der Waals surface area contributed by atoms with E-state index in [1.54, 1.807) is 6.08 Å². The van der Waals surface area contributed by atoms with E-state index < -0.39 is 0 Å². The minimum atomic E-state index is -0.131. The van der Waals surface area contributed by atoms with E-state index in [0.29, 0.717) is 5.13 Å². The molecular weight excluding hydrogens is 256 g/mol. The van der Waals surface area contributed by atoms with E-state index in [2.05, 4.69) is 10.3 Å². The van der Waals surface area contributed by atoms with Gasteiger partial charge in [0.25, 0.3) is 0 Å². The minimum absolute atomic E-state index is 0.131. The lowest BCUT2D eigenvalue weighted by molar-refractivity contribution is -0.111. The van der Waals surface area contributed by atoms with Crippen LogP contribution in [0.1, 0.15) is 19.5 Å². The monoisotopic (exact) mass is 272 g/mol. The van der Waals surface area contributed by atoms with Crippen LogP contribution in [0.2, 0.25) is 0 Å². The average Bonchev–Trinajstić information content (AvgIpc) is 2.70. The number of aryl methyl sites for hydroxylation is 1. The molecule has 0 bridgehead atoms. The molecular formula is C15H16N2OS. The number of rotatable bonds is 3. The molecule has 0 aliphatic carbocycles. The molecule has 0 aliphatic rings. The number of anilines is 1. The van der Waals surface area contributed by atoms with Crippen molar-refractivity contribution in [2.75, 3.05) is 5.32 Å². The predicted octanol–water partition coefficient (Wildman–Crippen LogP) is 4.02. The summed E-state index contributed by atoms with van der Waals surface area (Å²) in [6, 6.07) is 10.1. The molecule has 2 rings (SSSR count). The van der Waals surface area contributed by atoms with E-state index in [1.807, 2.05) is 51.1 Å². The smallest absolute Gasteiger partial charge is 0.250 e. The molecule has 0 aliphatic heterocycles. The van der Waals surface area contributed by atoms with Crippen LogP contribution in [0.3, 0.4) is 0 Å². The molecule has 0 fully saturated rings. The fourth-order valence-electron chi connectivity index (χ4n) is 1.71. The Morgan fingerprint density at radius 1 is 1.26 bits per heavy atom. The van der Waals surface area contributed by atoms with Gasteiger partial charge in [0.2, 0.25) is 5.91 Å². The summed E-state index contributed by atoms with van der Waals surface area (Å²) < 4.78 is 0. The molecule has 0 spiro atoms. The third kappa shape index (κ3) is 3.51. The van der Waals surface area contributed by atoms with Crippen LogP contribution < -0.4 is 5.32 Å². The van der Waals surface area contributed by atoms with Gasteiger partial charge in [-0.2, -0.15) is 0 Å². The van der Waals surface area contributed by atoms with E-state index in [9.17, 15) is 4.79 Å². The third-order valence-corrected chi connectivity index (χ3v) is 3.60. The van der Waals surface area contributed by atoms with Crippen LogP contribution in [0.15, 0.2) is 42.0 Å². The molecule has 1 amide bonds. The van der Waals surface area contributed by atoms with Crippen molar-refractivity contribution in [2.24, 2.45) is 0 Å². The number of thiazole rings is 1. The number of nitrogens with zero attached hydrogens (tertiary/aromatic N) is 1. The van der Waals surface area contributed by atoms with Crippen LogP contribution in [0, 0.1) is 6.92 Å². The van der Waals surface area contributed by atoms with Crippen LogP contribution in [-0.2, 0) is 4.79 Å². The van der Waals surface area contributed by atoms with Crippen molar-refractivity contribution in [1.29, 1.82) is 0 Å². The zero-order valence-electron chi connectivity index (χ0n) is 11.2. The number of carbonyl (C=O) groups is 1. The molecule has 1 aromatic heterocycles. The second-order valence-corrected chi connectivity index (χ2v) is 5.51. The molecule has 0 radical (unpaired) electrons. The molecule has 4 heteroatoms. The summed E-state index contributed by atoms with van der Waals surface area (Å²) in [5.74, 6) is -0.131. The number of nitrogens with one attached hydrogen (secondary N) is 1. The van der Waals surface area contributed by atoms with E-state index in [-0.39, 0.29) is 5.91 Å². The van der Waals surface area contributed by atoms with Gasteiger partial charge in [0, 0.05) is 6.08 Å². The average molecular weight is 272 g/mol. The summed E-state index contributed by atoms with van der Waals surface area (Å²) in [5, 5.41) is 3.43. The topological polar surface area (TPSA) is 42.0 Å².